The van der Waals surface area contributed by atoms with E-state index < -0.39 is 40.6 Å². The highest BCUT2D eigenvalue weighted by atomic mass is 32.2. The van der Waals surface area contributed by atoms with E-state index in [4.69, 9.17) is 10.3 Å². The lowest BCUT2D eigenvalue weighted by molar-refractivity contribution is -0.128. The minimum Gasteiger partial charge on any atom is -0.393 e. The lowest BCUT2D eigenvalue weighted by Gasteiger charge is -2.36. The second-order valence-electron chi connectivity index (χ2n) is 8.51. The Balaban J connectivity index is 1.77. The van der Waals surface area contributed by atoms with Gasteiger partial charge in [0.1, 0.15) is 12.2 Å². The predicted octanol–water partition coefficient (Wildman–Crippen LogP) is 3.63. The molecule has 0 radical (unpaired) electrons. The molecule has 2 heterocycles. The Hall–Kier alpha value is -3.19. The molecule has 4 rings (SSSR count). The molecule has 3 aromatic rings. The number of rotatable bonds is 6. The number of halogens is 3. The fourth-order valence-electron chi connectivity index (χ4n) is 4.03. The quantitative estimate of drug-likeness (QED) is 0.512. The molecule has 1 aliphatic rings. The third kappa shape index (κ3) is 5.56. The Morgan fingerprint density at radius 2 is 1.83 bits per heavy atom. The first kappa shape index (κ1) is 24.9. The van der Waals surface area contributed by atoms with Gasteiger partial charge in [0.05, 0.1) is 28.4 Å². The van der Waals surface area contributed by atoms with Crippen molar-refractivity contribution in [1.29, 1.82) is 0 Å². The van der Waals surface area contributed by atoms with Gasteiger partial charge < -0.3 is 15.4 Å². The van der Waals surface area contributed by atoms with Gasteiger partial charge in [-0.1, -0.05) is 22.9 Å². The van der Waals surface area contributed by atoms with Crippen molar-refractivity contribution in [3.8, 4) is 11.5 Å². The van der Waals surface area contributed by atoms with Crippen molar-refractivity contribution >= 4 is 21.5 Å². The van der Waals surface area contributed by atoms with Crippen LogP contribution in [0.25, 0.3) is 11.5 Å². The van der Waals surface area contributed by atoms with E-state index in [0.29, 0.717) is 25.7 Å². The van der Waals surface area contributed by atoms with Crippen LogP contribution in [0.5, 0.6) is 0 Å². The number of pyridine rings is 1. The summed E-state index contributed by atoms with van der Waals surface area (Å²) in [4.78, 5) is 7.89. The highest BCUT2D eigenvalue weighted by molar-refractivity contribution is 7.92. The number of nitrogens with zero attached hydrogens (tertiary/aromatic N) is 4. The van der Waals surface area contributed by atoms with Crippen LogP contribution in [0.15, 0.2) is 45.9 Å². The van der Waals surface area contributed by atoms with Gasteiger partial charge >= 0.3 is 6.18 Å². The molecule has 0 spiro atoms. The largest absolute Gasteiger partial charge is 0.396 e. The molecular formula is C22H24F3N5O4S. The Labute approximate surface area is 199 Å². The highest BCUT2D eigenvalue weighted by Gasteiger charge is 2.35. The molecule has 0 amide bonds. The van der Waals surface area contributed by atoms with Gasteiger partial charge in [-0.05, 0) is 50.8 Å². The summed E-state index contributed by atoms with van der Waals surface area (Å²) in [5, 5.41) is 13.3. The summed E-state index contributed by atoms with van der Waals surface area (Å²) in [5.41, 5.74) is 6.98. The molecular weight excluding hydrogens is 487 g/mol. The molecule has 35 heavy (non-hydrogen) atoms. The van der Waals surface area contributed by atoms with Crippen LogP contribution in [-0.2, 0) is 16.4 Å². The van der Waals surface area contributed by atoms with Crippen molar-refractivity contribution in [1.82, 2.24) is 15.1 Å². The molecule has 2 aromatic heterocycles. The highest BCUT2D eigenvalue weighted by Crippen LogP contribution is 2.36. The maximum absolute atomic E-state index is 13.7. The minimum absolute atomic E-state index is 0.0170. The zero-order valence-electron chi connectivity index (χ0n) is 18.7. The number of nitrogen functional groups attached to an aromatic ring is 1. The van der Waals surface area contributed by atoms with Gasteiger partial charge in [0, 0.05) is 6.04 Å². The smallest absolute Gasteiger partial charge is 0.393 e. The third-order valence-corrected chi connectivity index (χ3v) is 7.69. The van der Waals surface area contributed by atoms with E-state index in [0.717, 1.165) is 5.56 Å². The van der Waals surface area contributed by atoms with Crippen molar-refractivity contribution in [3.05, 3.63) is 47.9 Å². The molecule has 1 saturated carbocycles. The Morgan fingerprint density at radius 3 is 2.46 bits per heavy atom. The van der Waals surface area contributed by atoms with E-state index in [2.05, 4.69) is 15.1 Å². The maximum Gasteiger partial charge on any atom is 0.396 e. The summed E-state index contributed by atoms with van der Waals surface area (Å²) in [7, 11) is -4.06. The fourth-order valence-corrected chi connectivity index (χ4v) is 5.72. The van der Waals surface area contributed by atoms with Crippen molar-refractivity contribution in [2.45, 2.75) is 62.2 Å². The van der Waals surface area contributed by atoms with E-state index >= 15 is 0 Å². The summed E-state index contributed by atoms with van der Waals surface area (Å²) in [6, 6.07) is 7.26. The molecule has 13 heteroatoms. The number of alkyl halides is 3. The minimum atomic E-state index is -4.53. The topological polar surface area (TPSA) is 135 Å². The van der Waals surface area contributed by atoms with Crippen LogP contribution >= 0.6 is 0 Å². The number of benzene rings is 1. The van der Waals surface area contributed by atoms with Crippen LogP contribution in [0.4, 0.5) is 24.7 Å². The molecule has 9 nitrogen and oxygen atoms in total. The zero-order valence-corrected chi connectivity index (χ0v) is 19.6. The number of hydrogen-bond donors (Lipinski definition) is 2. The average molecular weight is 512 g/mol. The summed E-state index contributed by atoms with van der Waals surface area (Å²) in [6.45, 7) is 1.84. The number of aliphatic hydroxyl groups excluding tert-OH is 1. The van der Waals surface area contributed by atoms with E-state index in [1.54, 1.807) is 12.1 Å². The number of aliphatic hydroxyl groups is 1. The number of nitrogens with two attached hydrogens (primary N) is 1. The molecule has 188 valence electrons. The van der Waals surface area contributed by atoms with Gasteiger partial charge in [-0.15, -0.1) is 0 Å². The first-order valence-corrected chi connectivity index (χ1v) is 12.3. The van der Waals surface area contributed by atoms with E-state index in [1.807, 2.05) is 6.92 Å². The molecule has 1 aromatic carbocycles. The lowest BCUT2D eigenvalue weighted by Crippen LogP contribution is -2.43. The molecule has 1 aliphatic carbocycles. The van der Waals surface area contributed by atoms with Crippen LogP contribution in [0.2, 0.25) is 0 Å². The lowest BCUT2D eigenvalue weighted by atomic mass is 9.93. The normalized spacial score (nSPS) is 19.0. The van der Waals surface area contributed by atoms with Crippen molar-refractivity contribution in [3.63, 3.8) is 0 Å². The van der Waals surface area contributed by atoms with E-state index in [9.17, 15) is 26.7 Å². The fraction of sp³-hybridized carbons (Fsp3) is 0.409. The number of hydrogen-bond acceptors (Lipinski definition) is 8. The summed E-state index contributed by atoms with van der Waals surface area (Å²) in [5.74, 6) is -0.992. The number of aromatic nitrogens is 3. The van der Waals surface area contributed by atoms with Crippen LogP contribution in [0.1, 0.15) is 37.1 Å². The second-order valence-corrected chi connectivity index (χ2v) is 10.3. The SMILES string of the molecule is Cc1ccc(S(=O)(=O)N(c2cnc(N)c(-c3nc(CC(F)(F)F)no3)c2)[C@H]2CC[C@H](O)CC2)cc1. The zero-order chi connectivity index (χ0) is 25.4. The van der Waals surface area contributed by atoms with Gasteiger partial charge in [0.25, 0.3) is 15.9 Å². The maximum atomic E-state index is 13.7. The van der Waals surface area contributed by atoms with Gasteiger partial charge in [-0.25, -0.2) is 13.4 Å². The van der Waals surface area contributed by atoms with Crippen LogP contribution in [-0.4, -0.2) is 47.0 Å². The molecule has 0 bridgehead atoms. The van der Waals surface area contributed by atoms with Crippen molar-refractivity contribution in [2.75, 3.05) is 10.0 Å². The number of anilines is 2. The Kier molecular flexibility index (Phi) is 6.73. The Morgan fingerprint density at radius 1 is 1.17 bits per heavy atom. The molecule has 0 aliphatic heterocycles. The standard InChI is InChI=1S/C22H24F3N5O4S/c1-13-2-8-17(9-3-13)35(32,33)30(14-4-6-16(31)7-5-14)15-10-18(20(26)27-12-15)21-28-19(29-34-21)11-22(23,24)25/h2-3,8-10,12,14,16,31H,4-7,11H2,1H3,(H2,26,27)/t14-,16-. The number of aryl methyl sites for hydroxylation is 1. The molecule has 0 atom stereocenters. The molecule has 0 unspecified atom stereocenters. The average Bonchev–Trinajstić information content (AvgIpc) is 3.23. The predicted molar refractivity (Wildman–Crippen MR) is 121 cm³/mol. The van der Waals surface area contributed by atoms with Crippen LogP contribution in [0, 0.1) is 6.92 Å². The Bertz CT molecular complexity index is 1290. The van der Waals surface area contributed by atoms with E-state index in [1.165, 1.54) is 28.7 Å². The monoisotopic (exact) mass is 511 g/mol. The molecule has 3 N–H and O–H groups in total. The van der Waals surface area contributed by atoms with Gasteiger partial charge in [-0.3, -0.25) is 4.31 Å². The summed E-state index contributed by atoms with van der Waals surface area (Å²) in [6.07, 6.45) is -3.50. The van der Waals surface area contributed by atoms with Gasteiger partial charge in [-0.2, -0.15) is 18.2 Å². The van der Waals surface area contributed by atoms with Crippen LogP contribution in [0.3, 0.4) is 0 Å². The van der Waals surface area contributed by atoms with Crippen LogP contribution < -0.4 is 10.0 Å². The third-order valence-electron chi connectivity index (χ3n) is 5.79. The number of sulfonamides is 1. The molecule has 1 fully saturated rings. The first-order chi connectivity index (χ1) is 16.4. The first-order valence-electron chi connectivity index (χ1n) is 10.9. The summed E-state index contributed by atoms with van der Waals surface area (Å²) >= 11 is 0. The summed E-state index contributed by atoms with van der Waals surface area (Å²) < 4.78 is 71.8. The molecule has 0 saturated heterocycles. The van der Waals surface area contributed by atoms with Crippen molar-refractivity contribution < 1.29 is 31.2 Å². The second kappa shape index (κ2) is 9.46. The van der Waals surface area contributed by atoms with Crippen molar-refractivity contribution in [2.24, 2.45) is 0 Å². The van der Waals surface area contributed by atoms with Gasteiger partial charge in [0.15, 0.2) is 5.82 Å². The van der Waals surface area contributed by atoms with E-state index in [-0.39, 0.29) is 27.9 Å². The van der Waals surface area contributed by atoms with Gasteiger partial charge in [0.2, 0.25) is 0 Å².